The van der Waals surface area contributed by atoms with Gasteiger partial charge in [-0.25, -0.2) is 0 Å². The minimum atomic E-state index is -0.435. The van der Waals surface area contributed by atoms with Gasteiger partial charge in [-0.05, 0) is 24.6 Å². The number of benzene rings is 1. The molecule has 2 amide bonds. The molecule has 21 heavy (non-hydrogen) atoms. The van der Waals surface area contributed by atoms with Crippen LogP contribution in [-0.2, 0) is 20.9 Å². The summed E-state index contributed by atoms with van der Waals surface area (Å²) in [5, 5.41) is 2.68. The molecule has 0 saturated carbocycles. The fourth-order valence-electron chi connectivity index (χ4n) is 1.68. The van der Waals surface area contributed by atoms with Crippen LogP contribution in [0.25, 0.3) is 0 Å². The predicted octanol–water partition coefficient (Wildman–Crippen LogP) is 0.958. The normalized spacial score (nSPS) is 9.86. The molecule has 6 nitrogen and oxygen atoms in total. The smallest absolute Gasteiger partial charge is 0.325 e. The summed E-state index contributed by atoms with van der Waals surface area (Å²) in [5.74, 6) is -0.797. The van der Waals surface area contributed by atoms with Crippen LogP contribution in [0.5, 0.6) is 0 Å². The van der Waals surface area contributed by atoms with Gasteiger partial charge in [0.2, 0.25) is 5.91 Å². The quantitative estimate of drug-likeness (QED) is 0.792. The highest BCUT2D eigenvalue weighted by atomic mass is 16.5. The van der Waals surface area contributed by atoms with Gasteiger partial charge in [-0.3, -0.25) is 14.4 Å². The van der Waals surface area contributed by atoms with Gasteiger partial charge in [-0.2, -0.15) is 0 Å². The Kier molecular flexibility index (Phi) is 6.39. The van der Waals surface area contributed by atoms with Crippen LogP contribution in [0, 0.1) is 0 Å². The maximum atomic E-state index is 12.1. The molecule has 0 heterocycles. The number of amides is 2. The van der Waals surface area contributed by atoms with E-state index in [4.69, 9.17) is 4.74 Å². The average molecular weight is 292 g/mol. The van der Waals surface area contributed by atoms with Gasteiger partial charge in [0, 0.05) is 26.1 Å². The van der Waals surface area contributed by atoms with E-state index < -0.39 is 5.97 Å². The Bertz CT molecular complexity index is 511. The zero-order valence-electron chi connectivity index (χ0n) is 12.5. The second-order valence-corrected chi connectivity index (χ2v) is 4.57. The Morgan fingerprint density at radius 2 is 1.81 bits per heavy atom. The van der Waals surface area contributed by atoms with Crippen LogP contribution in [0.4, 0.5) is 0 Å². The Labute approximate surface area is 124 Å². The molecular weight excluding hydrogens is 272 g/mol. The Morgan fingerprint density at radius 1 is 1.19 bits per heavy atom. The molecule has 0 aromatic heterocycles. The predicted molar refractivity (Wildman–Crippen MR) is 77.6 cm³/mol. The molecule has 0 bridgehead atoms. The van der Waals surface area contributed by atoms with Gasteiger partial charge >= 0.3 is 5.97 Å². The summed E-state index contributed by atoms with van der Waals surface area (Å²) in [7, 11) is 1.55. The average Bonchev–Trinajstić information content (AvgIpc) is 2.45. The van der Waals surface area contributed by atoms with Crippen molar-refractivity contribution in [3.05, 3.63) is 35.4 Å². The first-order valence-corrected chi connectivity index (χ1v) is 6.68. The van der Waals surface area contributed by atoms with Crippen LogP contribution < -0.4 is 5.32 Å². The molecule has 0 fully saturated rings. The molecule has 0 saturated heterocycles. The van der Waals surface area contributed by atoms with Gasteiger partial charge < -0.3 is 15.0 Å². The third-order valence-electron chi connectivity index (χ3n) is 2.76. The van der Waals surface area contributed by atoms with Gasteiger partial charge in [0.05, 0.1) is 6.61 Å². The Morgan fingerprint density at radius 3 is 2.33 bits per heavy atom. The molecule has 0 atom stereocenters. The van der Waals surface area contributed by atoms with Crippen molar-refractivity contribution in [3.8, 4) is 0 Å². The number of carbonyl (C=O) groups excluding carboxylic acids is 3. The van der Waals surface area contributed by atoms with Crippen LogP contribution in [0.3, 0.4) is 0 Å². The maximum absolute atomic E-state index is 12.1. The van der Waals surface area contributed by atoms with Gasteiger partial charge in [-0.1, -0.05) is 12.1 Å². The molecule has 1 N–H and O–H groups in total. The standard InChI is InChI=1S/C15H20N2O4/c1-4-21-14(19)10-17(3)15(20)13-7-5-12(6-8-13)9-16-11(2)18/h5-8H,4,9-10H2,1-3H3,(H,16,18). The number of nitrogens with zero attached hydrogens (tertiary/aromatic N) is 1. The Balaban J connectivity index is 2.61. The molecule has 0 aliphatic heterocycles. The first kappa shape index (κ1) is 16.7. The van der Waals surface area contributed by atoms with Crippen molar-refractivity contribution in [1.29, 1.82) is 0 Å². The molecule has 0 unspecified atom stereocenters. The molecule has 6 heteroatoms. The minimum Gasteiger partial charge on any atom is -0.465 e. The Hall–Kier alpha value is -2.37. The van der Waals surface area contributed by atoms with E-state index in [0.717, 1.165) is 5.56 Å². The third kappa shape index (κ3) is 5.64. The van der Waals surface area contributed by atoms with E-state index in [0.29, 0.717) is 18.7 Å². The number of likely N-dealkylation sites (N-methyl/N-ethyl adjacent to an activating group) is 1. The van der Waals surface area contributed by atoms with Crippen molar-refractivity contribution >= 4 is 17.8 Å². The van der Waals surface area contributed by atoms with Gasteiger partial charge in [0.25, 0.3) is 5.91 Å². The van der Waals surface area contributed by atoms with E-state index in [9.17, 15) is 14.4 Å². The minimum absolute atomic E-state index is 0.0830. The van der Waals surface area contributed by atoms with Crippen LogP contribution in [0.15, 0.2) is 24.3 Å². The van der Waals surface area contributed by atoms with E-state index in [1.165, 1.54) is 11.8 Å². The summed E-state index contributed by atoms with van der Waals surface area (Å²) in [6, 6.07) is 6.87. The first-order valence-electron chi connectivity index (χ1n) is 6.68. The van der Waals surface area contributed by atoms with Gasteiger partial charge in [0.1, 0.15) is 6.54 Å². The van der Waals surface area contributed by atoms with Gasteiger partial charge in [0.15, 0.2) is 0 Å². The van der Waals surface area contributed by atoms with Crippen LogP contribution in [0.1, 0.15) is 29.8 Å². The second-order valence-electron chi connectivity index (χ2n) is 4.57. The molecule has 0 aliphatic rings. The number of hydrogen-bond acceptors (Lipinski definition) is 4. The molecule has 114 valence electrons. The summed E-state index contributed by atoms with van der Waals surface area (Å²) in [5.41, 5.74) is 1.38. The lowest BCUT2D eigenvalue weighted by Gasteiger charge is -2.16. The van der Waals surface area contributed by atoms with E-state index in [-0.39, 0.29) is 18.4 Å². The van der Waals surface area contributed by atoms with Crippen molar-refractivity contribution in [1.82, 2.24) is 10.2 Å². The number of carbonyl (C=O) groups is 3. The summed E-state index contributed by atoms with van der Waals surface area (Å²) >= 11 is 0. The fourth-order valence-corrected chi connectivity index (χ4v) is 1.68. The molecule has 0 radical (unpaired) electrons. The second kappa shape index (κ2) is 8.04. The number of nitrogens with one attached hydrogen (secondary N) is 1. The number of rotatable bonds is 6. The lowest BCUT2D eigenvalue weighted by Crippen LogP contribution is -2.33. The number of hydrogen-bond donors (Lipinski definition) is 1. The molecular formula is C15H20N2O4. The van der Waals surface area contributed by atoms with Crippen molar-refractivity contribution in [3.63, 3.8) is 0 Å². The first-order chi connectivity index (χ1) is 9.93. The molecule has 1 rings (SSSR count). The van der Waals surface area contributed by atoms with Crippen molar-refractivity contribution < 1.29 is 19.1 Å². The van der Waals surface area contributed by atoms with Gasteiger partial charge in [-0.15, -0.1) is 0 Å². The third-order valence-corrected chi connectivity index (χ3v) is 2.76. The number of ether oxygens (including phenoxy) is 1. The van der Waals surface area contributed by atoms with E-state index in [1.54, 1.807) is 38.2 Å². The molecule has 0 aliphatic carbocycles. The monoisotopic (exact) mass is 292 g/mol. The summed E-state index contributed by atoms with van der Waals surface area (Å²) < 4.78 is 4.80. The van der Waals surface area contributed by atoms with Crippen LogP contribution >= 0.6 is 0 Å². The van der Waals surface area contributed by atoms with E-state index in [1.807, 2.05) is 0 Å². The van der Waals surface area contributed by atoms with E-state index in [2.05, 4.69) is 5.32 Å². The SMILES string of the molecule is CCOC(=O)CN(C)C(=O)c1ccc(CNC(C)=O)cc1. The highest BCUT2D eigenvalue weighted by molar-refractivity contribution is 5.95. The van der Waals surface area contributed by atoms with Crippen molar-refractivity contribution in [2.24, 2.45) is 0 Å². The molecule has 1 aromatic carbocycles. The fraction of sp³-hybridized carbons (Fsp3) is 0.400. The zero-order valence-corrected chi connectivity index (χ0v) is 12.5. The molecule has 0 spiro atoms. The lowest BCUT2D eigenvalue weighted by atomic mass is 10.1. The van der Waals surface area contributed by atoms with Crippen molar-refractivity contribution in [2.45, 2.75) is 20.4 Å². The summed E-state index contributed by atoms with van der Waals surface area (Å²) in [4.78, 5) is 35.6. The largest absolute Gasteiger partial charge is 0.465 e. The zero-order chi connectivity index (χ0) is 15.8. The van der Waals surface area contributed by atoms with Crippen molar-refractivity contribution in [2.75, 3.05) is 20.2 Å². The van der Waals surface area contributed by atoms with Crippen LogP contribution in [0.2, 0.25) is 0 Å². The highest BCUT2D eigenvalue weighted by Gasteiger charge is 2.15. The summed E-state index contributed by atoms with van der Waals surface area (Å²) in [6.45, 7) is 3.79. The molecule has 1 aromatic rings. The topological polar surface area (TPSA) is 75.7 Å². The van der Waals surface area contributed by atoms with E-state index >= 15 is 0 Å². The van der Waals surface area contributed by atoms with Crippen LogP contribution in [-0.4, -0.2) is 42.9 Å². The number of esters is 1. The maximum Gasteiger partial charge on any atom is 0.325 e. The lowest BCUT2D eigenvalue weighted by molar-refractivity contribution is -0.143. The summed E-state index contributed by atoms with van der Waals surface area (Å²) in [6.07, 6.45) is 0. The highest BCUT2D eigenvalue weighted by Crippen LogP contribution is 2.07.